The van der Waals surface area contributed by atoms with Gasteiger partial charge in [-0.25, -0.2) is 22.8 Å². The standard InChI is InChI=1S/C16H12F3NO4/c1-23-15(21)10-5-3-4-6-20(14(10)16(22)24-2)9-7-11(17)13(19)12(18)8-9/h3-8H,1-2H3. The number of ether oxygens (including phenoxy) is 2. The third-order valence-corrected chi connectivity index (χ3v) is 3.14. The lowest BCUT2D eigenvalue weighted by molar-refractivity contribution is -0.139. The minimum absolute atomic E-state index is 0.195. The van der Waals surface area contributed by atoms with Crippen molar-refractivity contribution in [3.63, 3.8) is 0 Å². The number of allylic oxidation sites excluding steroid dienone is 2. The van der Waals surface area contributed by atoms with Crippen molar-refractivity contribution in [3.05, 3.63) is 65.3 Å². The zero-order chi connectivity index (χ0) is 17.9. The first-order valence-corrected chi connectivity index (χ1v) is 6.60. The molecule has 1 aromatic rings. The van der Waals surface area contributed by atoms with Crippen LogP contribution in [0.25, 0.3) is 0 Å². The minimum Gasteiger partial charge on any atom is -0.465 e. The second-order valence-corrected chi connectivity index (χ2v) is 4.54. The number of hydrogen-bond donors (Lipinski definition) is 0. The molecule has 0 saturated carbocycles. The maximum Gasteiger partial charge on any atom is 0.355 e. The van der Waals surface area contributed by atoms with Gasteiger partial charge < -0.3 is 14.4 Å². The average molecular weight is 339 g/mol. The number of rotatable bonds is 3. The number of esters is 2. The summed E-state index contributed by atoms with van der Waals surface area (Å²) in [7, 11) is 2.19. The first-order valence-electron chi connectivity index (χ1n) is 6.60. The summed E-state index contributed by atoms with van der Waals surface area (Å²) >= 11 is 0. The Morgan fingerprint density at radius 3 is 2.08 bits per heavy atom. The third kappa shape index (κ3) is 3.17. The van der Waals surface area contributed by atoms with Crippen LogP contribution in [0.4, 0.5) is 18.9 Å². The van der Waals surface area contributed by atoms with Crippen LogP contribution >= 0.6 is 0 Å². The molecule has 0 radical (unpaired) electrons. The molecule has 2 rings (SSSR count). The van der Waals surface area contributed by atoms with Crippen molar-refractivity contribution in [2.24, 2.45) is 0 Å². The molecular weight excluding hydrogens is 327 g/mol. The fraction of sp³-hybridized carbons (Fsp3) is 0.125. The highest BCUT2D eigenvalue weighted by Gasteiger charge is 2.28. The Hall–Kier alpha value is -3.03. The Morgan fingerprint density at radius 1 is 0.958 bits per heavy atom. The number of anilines is 1. The van der Waals surface area contributed by atoms with Crippen molar-refractivity contribution in [1.82, 2.24) is 0 Å². The van der Waals surface area contributed by atoms with Gasteiger partial charge >= 0.3 is 11.9 Å². The lowest BCUT2D eigenvalue weighted by Gasteiger charge is -2.23. The van der Waals surface area contributed by atoms with E-state index in [4.69, 9.17) is 0 Å². The molecule has 1 aromatic carbocycles. The molecule has 0 spiro atoms. The van der Waals surface area contributed by atoms with Crippen LogP contribution in [0.2, 0.25) is 0 Å². The Bertz CT molecular complexity index is 761. The summed E-state index contributed by atoms with van der Waals surface area (Å²) in [5, 5.41) is 0. The number of carbonyl (C=O) groups excluding carboxylic acids is 2. The highest BCUT2D eigenvalue weighted by atomic mass is 19.2. The van der Waals surface area contributed by atoms with E-state index >= 15 is 0 Å². The Labute approximate surface area is 135 Å². The molecule has 0 amide bonds. The molecule has 0 aromatic heterocycles. The molecule has 8 heteroatoms. The molecule has 24 heavy (non-hydrogen) atoms. The van der Waals surface area contributed by atoms with Gasteiger partial charge in [-0.15, -0.1) is 0 Å². The van der Waals surface area contributed by atoms with Gasteiger partial charge in [-0.2, -0.15) is 0 Å². The van der Waals surface area contributed by atoms with Crippen molar-refractivity contribution < 1.29 is 32.2 Å². The molecule has 0 bridgehead atoms. The summed E-state index contributed by atoms with van der Waals surface area (Å²) in [6.07, 6.45) is 5.39. The summed E-state index contributed by atoms with van der Waals surface area (Å²) in [5.74, 6) is -6.34. The summed E-state index contributed by atoms with van der Waals surface area (Å²) in [6.45, 7) is 0. The van der Waals surface area contributed by atoms with Crippen LogP contribution in [0.5, 0.6) is 0 Å². The molecule has 126 valence electrons. The molecule has 1 heterocycles. The predicted molar refractivity (Wildman–Crippen MR) is 78.1 cm³/mol. The fourth-order valence-corrected chi connectivity index (χ4v) is 2.05. The van der Waals surface area contributed by atoms with Gasteiger partial charge in [0.05, 0.1) is 25.5 Å². The lowest BCUT2D eigenvalue weighted by atomic mass is 10.1. The van der Waals surface area contributed by atoms with E-state index in [0.717, 1.165) is 19.1 Å². The van der Waals surface area contributed by atoms with Crippen LogP contribution in [0, 0.1) is 17.5 Å². The zero-order valence-corrected chi connectivity index (χ0v) is 12.7. The first kappa shape index (κ1) is 17.3. The van der Waals surface area contributed by atoms with Crippen LogP contribution in [-0.2, 0) is 19.1 Å². The molecule has 1 aliphatic heterocycles. The van der Waals surface area contributed by atoms with Gasteiger partial charge in [-0.05, 0) is 12.2 Å². The number of hydrogen-bond acceptors (Lipinski definition) is 5. The maximum absolute atomic E-state index is 13.5. The molecule has 0 aliphatic carbocycles. The molecular formula is C16H12F3NO4. The average Bonchev–Trinajstić information content (AvgIpc) is 2.80. The number of nitrogens with zero attached hydrogens (tertiary/aromatic N) is 1. The van der Waals surface area contributed by atoms with Crippen LogP contribution in [0.3, 0.4) is 0 Å². The number of halogens is 3. The number of carbonyl (C=O) groups is 2. The third-order valence-electron chi connectivity index (χ3n) is 3.14. The Morgan fingerprint density at radius 2 is 1.54 bits per heavy atom. The van der Waals surface area contributed by atoms with Crippen LogP contribution in [0.1, 0.15) is 0 Å². The fourth-order valence-electron chi connectivity index (χ4n) is 2.05. The van der Waals surface area contributed by atoms with Crippen molar-refractivity contribution in [1.29, 1.82) is 0 Å². The predicted octanol–water partition coefficient (Wildman–Crippen LogP) is 2.59. The van der Waals surface area contributed by atoms with E-state index in [2.05, 4.69) is 9.47 Å². The van der Waals surface area contributed by atoms with Crippen LogP contribution in [-0.4, -0.2) is 26.2 Å². The monoisotopic (exact) mass is 339 g/mol. The first-order chi connectivity index (χ1) is 11.4. The topological polar surface area (TPSA) is 55.8 Å². The highest BCUT2D eigenvalue weighted by molar-refractivity contribution is 6.05. The lowest BCUT2D eigenvalue weighted by Crippen LogP contribution is -2.27. The van der Waals surface area contributed by atoms with Gasteiger partial charge in [0, 0.05) is 18.3 Å². The Kier molecular flexibility index (Phi) is 5.08. The van der Waals surface area contributed by atoms with E-state index in [9.17, 15) is 22.8 Å². The number of benzene rings is 1. The van der Waals surface area contributed by atoms with E-state index in [1.165, 1.54) is 24.4 Å². The molecule has 0 atom stereocenters. The van der Waals surface area contributed by atoms with Gasteiger partial charge in [0.2, 0.25) is 0 Å². The van der Waals surface area contributed by atoms with Crippen molar-refractivity contribution in [2.75, 3.05) is 19.1 Å². The van der Waals surface area contributed by atoms with Crippen LogP contribution in [0.15, 0.2) is 47.8 Å². The summed E-state index contributed by atoms with van der Waals surface area (Å²) in [5.41, 5.74) is -0.743. The summed E-state index contributed by atoms with van der Waals surface area (Å²) in [6, 6.07) is 1.37. The van der Waals surface area contributed by atoms with Gasteiger partial charge in [0.25, 0.3) is 0 Å². The van der Waals surface area contributed by atoms with E-state index in [0.29, 0.717) is 12.1 Å². The normalized spacial score (nSPS) is 13.8. The largest absolute Gasteiger partial charge is 0.465 e. The van der Waals surface area contributed by atoms with E-state index in [-0.39, 0.29) is 17.0 Å². The van der Waals surface area contributed by atoms with Crippen molar-refractivity contribution in [3.8, 4) is 0 Å². The highest BCUT2D eigenvalue weighted by Crippen LogP contribution is 2.28. The molecule has 0 fully saturated rings. The molecule has 1 aliphatic rings. The Balaban J connectivity index is 2.70. The van der Waals surface area contributed by atoms with Gasteiger partial charge in [-0.3, -0.25) is 0 Å². The maximum atomic E-state index is 13.5. The SMILES string of the molecule is COC(=O)C1=C(C(=O)OC)N(c2cc(F)c(F)c(F)c2)C=CC=C1. The van der Waals surface area contributed by atoms with Gasteiger partial charge in [-0.1, -0.05) is 6.08 Å². The summed E-state index contributed by atoms with van der Waals surface area (Å²) in [4.78, 5) is 25.0. The van der Waals surface area contributed by atoms with E-state index in [1.54, 1.807) is 0 Å². The van der Waals surface area contributed by atoms with E-state index in [1.807, 2.05) is 0 Å². The van der Waals surface area contributed by atoms with Crippen molar-refractivity contribution >= 4 is 17.6 Å². The number of methoxy groups -OCH3 is 2. The second kappa shape index (κ2) is 7.03. The zero-order valence-electron chi connectivity index (χ0n) is 12.7. The van der Waals surface area contributed by atoms with Crippen LogP contribution < -0.4 is 4.90 Å². The molecule has 0 unspecified atom stereocenters. The quantitative estimate of drug-likeness (QED) is 0.626. The molecule has 0 saturated heterocycles. The van der Waals surface area contributed by atoms with Gasteiger partial charge in [0.1, 0.15) is 5.70 Å². The summed E-state index contributed by atoms with van der Waals surface area (Å²) < 4.78 is 49.4. The minimum atomic E-state index is -1.65. The second-order valence-electron chi connectivity index (χ2n) is 4.54. The van der Waals surface area contributed by atoms with Crippen molar-refractivity contribution in [2.45, 2.75) is 0 Å². The molecule has 0 N–H and O–H groups in total. The molecule has 5 nitrogen and oxygen atoms in total. The smallest absolute Gasteiger partial charge is 0.355 e. The van der Waals surface area contributed by atoms with Gasteiger partial charge in [0.15, 0.2) is 17.5 Å². The van der Waals surface area contributed by atoms with E-state index < -0.39 is 29.4 Å².